The Morgan fingerprint density at radius 2 is 1.86 bits per heavy atom. The van der Waals surface area contributed by atoms with Gasteiger partial charge in [0, 0.05) is 10.4 Å². The predicted molar refractivity (Wildman–Crippen MR) is 88.2 cm³/mol. The minimum Gasteiger partial charge on any atom is -0.422 e. The first-order valence-electron chi connectivity index (χ1n) is 6.59. The van der Waals surface area contributed by atoms with Crippen LogP contribution in [0.25, 0.3) is 25.8 Å². The molecule has 2 nitrogen and oxygen atoms in total. The van der Waals surface area contributed by atoms with Crippen LogP contribution in [0.1, 0.15) is 12.5 Å². The molecule has 106 valence electrons. The lowest BCUT2D eigenvalue weighted by atomic mass is 10.1. The predicted octanol–water partition coefficient (Wildman–Crippen LogP) is 0.823. The molecule has 0 spiro atoms. The van der Waals surface area contributed by atoms with Crippen LogP contribution in [0.15, 0.2) is 39.6 Å². The minimum absolute atomic E-state index is 0.397. The summed E-state index contributed by atoms with van der Waals surface area (Å²) in [5, 5.41) is 3.10. The van der Waals surface area contributed by atoms with Crippen LogP contribution in [0.2, 0.25) is 0 Å². The highest BCUT2D eigenvalue weighted by Gasteiger charge is 1.99. The Hall–Kier alpha value is -2.61. The van der Waals surface area contributed by atoms with Crippen molar-refractivity contribution in [3.05, 3.63) is 77.8 Å². The van der Waals surface area contributed by atoms with E-state index in [0.29, 0.717) is 21.1 Å². The van der Waals surface area contributed by atoms with E-state index in [4.69, 9.17) is 4.42 Å². The quantitative estimate of drug-likeness (QED) is 0.773. The van der Waals surface area contributed by atoms with Gasteiger partial charge in [0.2, 0.25) is 0 Å². The average molecular weight is 278 g/mol. The summed E-state index contributed by atoms with van der Waals surface area (Å²) in [7, 11) is 0. The maximum absolute atomic E-state index is 12.2. The molecule has 0 saturated carbocycles. The zero-order valence-electron chi connectivity index (χ0n) is 12.5. The van der Waals surface area contributed by atoms with Crippen molar-refractivity contribution in [2.75, 3.05) is 0 Å². The van der Waals surface area contributed by atoms with E-state index in [9.17, 15) is 4.79 Å². The third-order valence-electron chi connectivity index (χ3n) is 3.27. The van der Waals surface area contributed by atoms with Crippen LogP contribution < -0.4 is 26.5 Å². The summed E-state index contributed by atoms with van der Waals surface area (Å²) in [5.74, 6) is 0. The maximum Gasteiger partial charge on any atom is 0.344 e. The molecule has 0 aliphatic heterocycles. The fourth-order valence-electron chi connectivity index (χ4n) is 2.19. The smallest absolute Gasteiger partial charge is 0.344 e. The fraction of sp³-hybridized carbons (Fsp3) is 0.105. The van der Waals surface area contributed by atoms with Gasteiger partial charge in [0.15, 0.2) is 0 Å². The third-order valence-corrected chi connectivity index (χ3v) is 3.27. The van der Waals surface area contributed by atoms with Gasteiger partial charge in [-0.1, -0.05) is 55.7 Å². The number of hydrogen-bond donors (Lipinski definition) is 0. The molecule has 0 unspecified atom stereocenters. The van der Waals surface area contributed by atoms with Gasteiger partial charge in [-0.15, -0.1) is 0 Å². The molecule has 0 aliphatic carbocycles. The Morgan fingerprint density at radius 1 is 1.19 bits per heavy atom. The van der Waals surface area contributed by atoms with Gasteiger partial charge in [-0.3, -0.25) is 0 Å². The van der Waals surface area contributed by atoms with Crippen LogP contribution in [0.5, 0.6) is 0 Å². The lowest BCUT2D eigenvalue weighted by molar-refractivity contribution is 0.469. The standard InChI is InChI=1S/C19H18O2/c1-11(2)9-17-14(5)15(6)18(21-19(17)20)16-8-7-12(3)10-13(16)4/h7-10H,1,4-6H2,2-3H3/b17-9+,18-16+. The van der Waals surface area contributed by atoms with E-state index in [2.05, 4.69) is 26.3 Å². The van der Waals surface area contributed by atoms with Crippen molar-refractivity contribution in [3.8, 4) is 0 Å². The van der Waals surface area contributed by atoms with E-state index >= 15 is 0 Å². The Kier molecular flexibility index (Phi) is 3.81. The Bertz CT molecular complexity index is 1090. The number of hydrogen-bond acceptors (Lipinski definition) is 2. The van der Waals surface area contributed by atoms with Crippen molar-refractivity contribution in [2.45, 2.75) is 13.8 Å². The van der Waals surface area contributed by atoms with Gasteiger partial charge in [0.1, 0.15) is 5.42 Å². The van der Waals surface area contributed by atoms with Crippen LogP contribution in [0, 0.1) is 17.6 Å². The zero-order chi connectivity index (χ0) is 15.7. The number of aryl methyl sites for hydroxylation is 1. The highest BCUT2D eigenvalue weighted by Crippen LogP contribution is 1.92. The first-order chi connectivity index (χ1) is 9.81. The number of allylic oxidation sites excluding steroid dienone is 1. The van der Waals surface area contributed by atoms with Gasteiger partial charge >= 0.3 is 5.63 Å². The molecule has 1 heterocycles. The topological polar surface area (TPSA) is 30.2 Å². The van der Waals surface area contributed by atoms with Gasteiger partial charge < -0.3 is 4.42 Å². The van der Waals surface area contributed by atoms with E-state index in [1.165, 1.54) is 0 Å². The molecule has 1 aromatic carbocycles. The molecule has 0 saturated heterocycles. The maximum atomic E-state index is 12.2. The first kappa shape index (κ1) is 14.8. The molecule has 21 heavy (non-hydrogen) atoms. The summed E-state index contributed by atoms with van der Waals surface area (Å²) in [4.78, 5) is 12.2. The Balaban J connectivity index is 3.18. The monoisotopic (exact) mass is 278 g/mol. The summed E-state index contributed by atoms with van der Waals surface area (Å²) in [5.41, 5.74) is 1.84. The highest BCUT2D eigenvalue weighted by molar-refractivity contribution is 5.43. The molecular formula is C19H18O2. The van der Waals surface area contributed by atoms with Crippen molar-refractivity contribution >= 4 is 25.8 Å². The van der Waals surface area contributed by atoms with E-state index in [-0.39, 0.29) is 0 Å². The molecule has 0 radical (unpaired) electrons. The molecule has 0 bridgehead atoms. The van der Waals surface area contributed by atoms with Crippen molar-refractivity contribution in [1.82, 2.24) is 0 Å². The van der Waals surface area contributed by atoms with Gasteiger partial charge in [-0.25, -0.2) is 4.79 Å². The molecule has 1 aromatic heterocycles. The summed E-state index contributed by atoms with van der Waals surface area (Å²) < 4.78 is 5.46. The Labute approximate surface area is 122 Å². The molecule has 0 N–H and O–H groups in total. The molecular weight excluding hydrogens is 260 g/mol. The molecule has 2 heteroatoms. The summed E-state index contributed by atoms with van der Waals surface area (Å²) in [6.45, 7) is 19.5. The van der Waals surface area contributed by atoms with Crippen LogP contribution in [0.4, 0.5) is 0 Å². The van der Waals surface area contributed by atoms with Crippen molar-refractivity contribution in [2.24, 2.45) is 0 Å². The van der Waals surface area contributed by atoms with E-state index in [1.807, 2.05) is 32.0 Å². The van der Waals surface area contributed by atoms with Crippen molar-refractivity contribution in [3.63, 3.8) is 0 Å². The van der Waals surface area contributed by atoms with Crippen LogP contribution in [0.3, 0.4) is 0 Å². The SMILES string of the molecule is C=C(C)/C=c1/c(=O)o/c(=c2\ccc(C)cc2=C)c(=C)c1=C. The lowest BCUT2D eigenvalue weighted by Crippen LogP contribution is -2.47. The molecule has 0 amide bonds. The highest BCUT2D eigenvalue weighted by atomic mass is 16.4. The van der Waals surface area contributed by atoms with Crippen LogP contribution >= 0.6 is 0 Å². The molecule has 2 rings (SSSR count). The second-order valence-electron chi connectivity index (χ2n) is 5.24. The number of benzene rings is 1. The zero-order valence-corrected chi connectivity index (χ0v) is 12.5. The molecule has 0 fully saturated rings. The lowest BCUT2D eigenvalue weighted by Gasteiger charge is -1.96. The van der Waals surface area contributed by atoms with E-state index in [1.54, 1.807) is 6.08 Å². The average Bonchev–Trinajstić information content (AvgIpc) is 2.39. The number of rotatable bonds is 1. The molecule has 0 aliphatic rings. The molecule has 0 atom stereocenters. The normalized spacial score (nSPS) is 13.3. The van der Waals surface area contributed by atoms with Gasteiger partial charge in [-0.2, -0.15) is 0 Å². The fourth-order valence-corrected chi connectivity index (χ4v) is 2.19. The minimum atomic E-state index is -0.439. The van der Waals surface area contributed by atoms with E-state index in [0.717, 1.165) is 21.6 Å². The molecule has 2 aromatic rings. The van der Waals surface area contributed by atoms with Gasteiger partial charge in [0.05, 0.1) is 5.22 Å². The van der Waals surface area contributed by atoms with Gasteiger partial charge in [-0.05, 0) is 30.4 Å². The third kappa shape index (κ3) is 2.79. The van der Waals surface area contributed by atoms with E-state index < -0.39 is 5.63 Å². The summed E-state index contributed by atoms with van der Waals surface area (Å²) in [6, 6.07) is 5.76. The van der Waals surface area contributed by atoms with Crippen molar-refractivity contribution < 1.29 is 4.42 Å². The second-order valence-corrected chi connectivity index (χ2v) is 5.24. The summed E-state index contributed by atoms with van der Waals surface area (Å²) in [6.07, 6.45) is 1.66. The van der Waals surface area contributed by atoms with Crippen LogP contribution in [-0.4, -0.2) is 0 Å². The van der Waals surface area contributed by atoms with Gasteiger partial charge in [0.25, 0.3) is 0 Å². The van der Waals surface area contributed by atoms with Crippen LogP contribution in [-0.2, 0) is 0 Å². The second kappa shape index (κ2) is 5.41. The largest absolute Gasteiger partial charge is 0.422 e. The van der Waals surface area contributed by atoms with Crippen molar-refractivity contribution in [1.29, 1.82) is 0 Å². The Morgan fingerprint density at radius 3 is 2.43 bits per heavy atom. The summed E-state index contributed by atoms with van der Waals surface area (Å²) >= 11 is 0. The first-order valence-corrected chi connectivity index (χ1v) is 6.59.